The quantitative estimate of drug-likeness (QED) is 0.596. The summed E-state index contributed by atoms with van der Waals surface area (Å²) in [5, 5.41) is 7.47. The van der Waals surface area contributed by atoms with E-state index < -0.39 is 27.5 Å². The Balaban J connectivity index is 1.98. The number of aromatic nitrogens is 3. The molecule has 28 heavy (non-hydrogen) atoms. The molecule has 0 bridgehead atoms. The number of carbonyl (C=O) groups excluding carboxylic acids is 2. The summed E-state index contributed by atoms with van der Waals surface area (Å²) < 4.78 is 26.6. The second-order valence-corrected chi connectivity index (χ2v) is 9.21. The zero-order chi connectivity index (χ0) is 20.6. The molecule has 0 spiro atoms. The zero-order valence-electron chi connectivity index (χ0n) is 15.6. The normalized spacial score (nSPS) is 18.4. The van der Waals surface area contributed by atoms with Crippen LogP contribution in [0, 0.1) is 0 Å². The van der Waals surface area contributed by atoms with Crippen LogP contribution < -0.4 is 15.8 Å². The highest BCUT2D eigenvalue weighted by Crippen LogP contribution is 2.26. The maximum atomic E-state index is 12.4. The topological polar surface area (TPSA) is 134 Å². The first kappa shape index (κ1) is 20.4. The van der Waals surface area contributed by atoms with Crippen LogP contribution in [0.4, 0.5) is 5.13 Å². The highest BCUT2D eigenvalue weighted by Gasteiger charge is 2.38. The summed E-state index contributed by atoms with van der Waals surface area (Å²) in [5.41, 5.74) is -0.421. The van der Waals surface area contributed by atoms with Gasteiger partial charge in [0.2, 0.25) is 26.0 Å². The van der Waals surface area contributed by atoms with Gasteiger partial charge in [0.15, 0.2) is 5.78 Å². The molecule has 3 rings (SSSR count). The van der Waals surface area contributed by atoms with Crippen LogP contribution in [0.5, 0.6) is 0 Å². The number of rotatable bonds is 5. The van der Waals surface area contributed by atoms with E-state index >= 15 is 0 Å². The van der Waals surface area contributed by atoms with Crippen molar-refractivity contribution < 1.29 is 18.0 Å². The van der Waals surface area contributed by atoms with Crippen LogP contribution in [0.25, 0.3) is 4.96 Å². The van der Waals surface area contributed by atoms with Crippen molar-refractivity contribution in [1.29, 1.82) is 0 Å². The lowest BCUT2D eigenvalue weighted by atomic mass is 10.2. The number of carbonyl (C=O) groups is 2. The molecule has 11 nitrogen and oxygen atoms in total. The first-order chi connectivity index (χ1) is 13.1. The Bertz CT molecular complexity index is 1090. The largest absolute Gasteiger partial charge is 0.355 e. The second kappa shape index (κ2) is 7.56. The molecule has 152 valence electrons. The van der Waals surface area contributed by atoms with Gasteiger partial charge in [0.05, 0.1) is 6.26 Å². The van der Waals surface area contributed by atoms with Gasteiger partial charge in [-0.2, -0.15) is 13.8 Å². The van der Waals surface area contributed by atoms with Crippen molar-refractivity contribution in [2.75, 3.05) is 37.3 Å². The van der Waals surface area contributed by atoms with Crippen LogP contribution in [0.15, 0.2) is 10.9 Å². The van der Waals surface area contributed by atoms with Crippen LogP contribution in [0.3, 0.4) is 0 Å². The van der Waals surface area contributed by atoms with Gasteiger partial charge in [-0.3, -0.25) is 14.4 Å². The van der Waals surface area contributed by atoms with Crippen LogP contribution in [-0.4, -0.2) is 77.5 Å². The smallest absolute Gasteiger partial charge is 0.274 e. The van der Waals surface area contributed by atoms with Gasteiger partial charge in [0.1, 0.15) is 11.7 Å². The fourth-order valence-corrected chi connectivity index (χ4v) is 5.01. The number of amides is 1. The maximum absolute atomic E-state index is 12.4. The molecule has 13 heteroatoms. The van der Waals surface area contributed by atoms with Crippen LogP contribution in [0.2, 0.25) is 0 Å². The van der Waals surface area contributed by atoms with Gasteiger partial charge < -0.3 is 10.2 Å². The van der Waals surface area contributed by atoms with E-state index in [1.165, 1.54) is 15.7 Å². The van der Waals surface area contributed by atoms with E-state index in [0.29, 0.717) is 18.2 Å². The Hall–Kier alpha value is -2.38. The molecule has 1 atom stereocenters. The standard InChI is InChI=1S/C15H20N6O5S2/c1-4-16-13(24)11-8-19(5-6-20(11)28(3,25)26)15-18-21-10(9(2)22)7-12(23)17-14(21)27-15/h7,11H,4-6,8H2,1-3H3,(H,16,24). The van der Waals surface area contributed by atoms with Gasteiger partial charge in [-0.15, -0.1) is 5.10 Å². The van der Waals surface area contributed by atoms with Crippen LogP contribution in [0.1, 0.15) is 24.3 Å². The minimum atomic E-state index is -3.57. The average molecular weight is 428 g/mol. The van der Waals surface area contributed by atoms with E-state index in [1.807, 2.05) is 0 Å². The number of sulfonamides is 1. The third-order valence-electron chi connectivity index (χ3n) is 4.29. The highest BCUT2D eigenvalue weighted by molar-refractivity contribution is 7.88. The van der Waals surface area contributed by atoms with E-state index in [1.54, 1.807) is 11.8 Å². The fraction of sp³-hybridized carbons (Fsp3) is 0.533. The van der Waals surface area contributed by atoms with Crippen molar-refractivity contribution in [2.45, 2.75) is 19.9 Å². The van der Waals surface area contributed by atoms with E-state index in [2.05, 4.69) is 15.4 Å². The molecule has 3 heterocycles. The summed E-state index contributed by atoms with van der Waals surface area (Å²) in [4.78, 5) is 41.8. The predicted molar refractivity (Wildman–Crippen MR) is 103 cm³/mol. The number of fused-ring (bicyclic) bond motifs is 1. The Labute approximate surface area is 165 Å². The number of Topliss-reactive ketones (excluding diaryl/α,β-unsaturated/α-hetero) is 1. The Morgan fingerprint density at radius 3 is 2.68 bits per heavy atom. The summed E-state index contributed by atoms with van der Waals surface area (Å²) in [6.07, 6.45) is 1.07. The molecule has 2 aromatic heterocycles. The SMILES string of the molecule is CCNC(=O)C1CN(c2nn3c(C(C)=O)cc(=O)nc3s2)CCN1S(C)(=O)=O. The monoisotopic (exact) mass is 428 g/mol. The summed E-state index contributed by atoms with van der Waals surface area (Å²) in [5.74, 6) is -0.718. The van der Waals surface area contributed by atoms with Gasteiger partial charge in [-0.05, 0) is 6.92 Å². The molecule has 0 saturated carbocycles. The number of hydrogen-bond acceptors (Lipinski definition) is 9. The summed E-state index contributed by atoms with van der Waals surface area (Å²) >= 11 is 1.10. The fourth-order valence-electron chi connectivity index (χ4n) is 3.03. The van der Waals surface area contributed by atoms with Crippen LogP contribution in [-0.2, 0) is 14.8 Å². The number of nitrogens with one attached hydrogen (secondary N) is 1. The lowest BCUT2D eigenvalue weighted by Crippen LogP contribution is -2.60. The molecule has 1 fully saturated rings. The van der Waals surface area contributed by atoms with Gasteiger partial charge >= 0.3 is 0 Å². The van der Waals surface area contributed by atoms with Crippen molar-refractivity contribution in [3.63, 3.8) is 0 Å². The maximum Gasteiger partial charge on any atom is 0.274 e. The molecule has 1 amide bonds. The molecule has 1 aliphatic heterocycles. The summed E-state index contributed by atoms with van der Waals surface area (Å²) in [6, 6.07) is 0.216. The Kier molecular flexibility index (Phi) is 5.50. The van der Waals surface area contributed by atoms with Crippen molar-refractivity contribution in [1.82, 2.24) is 24.2 Å². The summed E-state index contributed by atoms with van der Waals surface area (Å²) in [7, 11) is -3.57. The Morgan fingerprint density at radius 1 is 1.36 bits per heavy atom. The number of anilines is 1. The minimum absolute atomic E-state index is 0.0962. The highest BCUT2D eigenvalue weighted by atomic mass is 32.2. The molecule has 0 radical (unpaired) electrons. The van der Waals surface area contributed by atoms with Gasteiger partial charge in [-0.1, -0.05) is 11.3 Å². The number of hydrogen-bond donors (Lipinski definition) is 1. The molecule has 2 aromatic rings. The van der Waals surface area contributed by atoms with Gasteiger partial charge in [-0.25, -0.2) is 8.42 Å². The number of nitrogens with zero attached hydrogens (tertiary/aromatic N) is 5. The van der Waals surface area contributed by atoms with Crippen LogP contribution >= 0.6 is 11.3 Å². The lowest BCUT2D eigenvalue weighted by Gasteiger charge is -2.38. The number of ketones is 1. The van der Waals surface area contributed by atoms with Gasteiger partial charge in [0.25, 0.3) is 5.56 Å². The molecule has 0 aromatic carbocycles. The van der Waals surface area contributed by atoms with E-state index in [4.69, 9.17) is 0 Å². The van der Waals surface area contributed by atoms with Crippen molar-refractivity contribution in [2.24, 2.45) is 0 Å². The zero-order valence-corrected chi connectivity index (χ0v) is 17.2. The number of likely N-dealkylation sites (N-methyl/N-ethyl adjacent to an activating group) is 1. The third-order valence-corrected chi connectivity index (χ3v) is 6.54. The first-order valence-corrected chi connectivity index (χ1v) is 11.2. The molecule has 1 aliphatic rings. The second-order valence-electron chi connectivity index (χ2n) is 6.34. The minimum Gasteiger partial charge on any atom is -0.355 e. The first-order valence-electron chi connectivity index (χ1n) is 8.53. The molecular formula is C15H20N6O5S2. The van der Waals surface area contributed by atoms with Crippen molar-refractivity contribution in [3.05, 3.63) is 22.1 Å². The third kappa shape index (κ3) is 3.91. The number of piperazine rings is 1. The predicted octanol–water partition coefficient (Wildman–Crippen LogP) is -1.06. The molecule has 1 N–H and O–H groups in total. The molecule has 0 aliphatic carbocycles. The molecule has 1 saturated heterocycles. The Morgan fingerprint density at radius 2 is 2.07 bits per heavy atom. The van der Waals surface area contributed by atoms with E-state index in [-0.39, 0.29) is 29.5 Å². The van der Waals surface area contributed by atoms with Crippen molar-refractivity contribution >= 4 is 43.1 Å². The molecular weight excluding hydrogens is 408 g/mol. The molecule has 1 unspecified atom stereocenters. The lowest BCUT2D eigenvalue weighted by molar-refractivity contribution is -0.124. The van der Waals surface area contributed by atoms with Gasteiger partial charge in [0, 0.05) is 39.2 Å². The van der Waals surface area contributed by atoms with E-state index in [0.717, 1.165) is 23.7 Å². The average Bonchev–Trinajstić information content (AvgIpc) is 3.03. The van der Waals surface area contributed by atoms with E-state index in [9.17, 15) is 22.8 Å². The van der Waals surface area contributed by atoms with Crippen molar-refractivity contribution in [3.8, 4) is 0 Å². The summed E-state index contributed by atoms with van der Waals surface area (Å²) in [6.45, 7) is 3.98.